The van der Waals surface area contributed by atoms with Crippen molar-refractivity contribution in [3.05, 3.63) is 52.5 Å². The number of anilines is 1. The Labute approximate surface area is 117 Å². The zero-order valence-electron chi connectivity index (χ0n) is 11.8. The summed E-state index contributed by atoms with van der Waals surface area (Å²) in [4.78, 5) is 19.8. The molecular weight excluding hydrogens is 254 g/mol. The van der Waals surface area contributed by atoms with Gasteiger partial charge in [0.1, 0.15) is 11.4 Å². The topological polar surface area (TPSA) is 75.1 Å². The largest absolute Gasteiger partial charge is 0.478 e. The number of aryl methyl sites for hydroxylation is 3. The van der Waals surface area contributed by atoms with Gasteiger partial charge in [0.05, 0.1) is 0 Å². The van der Waals surface area contributed by atoms with Crippen molar-refractivity contribution in [3.8, 4) is 0 Å². The second-order valence-electron chi connectivity index (χ2n) is 4.77. The minimum Gasteiger partial charge on any atom is -0.478 e. The molecule has 5 nitrogen and oxygen atoms in total. The van der Waals surface area contributed by atoms with E-state index in [2.05, 4.69) is 15.3 Å². The van der Waals surface area contributed by atoms with Crippen LogP contribution in [0, 0.1) is 20.8 Å². The molecule has 0 bridgehead atoms. The Kier molecular flexibility index (Phi) is 3.98. The van der Waals surface area contributed by atoms with Gasteiger partial charge in [-0.3, -0.25) is 4.98 Å². The van der Waals surface area contributed by atoms with Crippen molar-refractivity contribution in [3.63, 3.8) is 0 Å². The quantitative estimate of drug-likeness (QED) is 0.894. The summed E-state index contributed by atoms with van der Waals surface area (Å²) in [6.07, 6.45) is 1.77. The first-order chi connectivity index (χ1) is 9.47. The normalized spacial score (nSPS) is 10.3. The molecule has 0 radical (unpaired) electrons. The van der Waals surface area contributed by atoms with Crippen molar-refractivity contribution in [2.24, 2.45) is 0 Å². The molecule has 0 aliphatic rings. The van der Waals surface area contributed by atoms with E-state index in [-0.39, 0.29) is 5.56 Å². The Balaban J connectivity index is 2.24. The predicted octanol–water partition coefficient (Wildman–Crippen LogP) is 2.71. The van der Waals surface area contributed by atoms with Crippen molar-refractivity contribution < 1.29 is 9.90 Å². The lowest BCUT2D eigenvalue weighted by molar-refractivity contribution is 0.0697. The van der Waals surface area contributed by atoms with Crippen LogP contribution in [0.1, 0.15) is 32.9 Å². The number of hydrogen-bond donors (Lipinski definition) is 2. The molecule has 0 atom stereocenters. The molecule has 104 valence electrons. The van der Waals surface area contributed by atoms with Crippen molar-refractivity contribution in [1.82, 2.24) is 9.97 Å². The molecule has 0 saturated heterocycles. The van der Waals surface area contributed by atoms with Crippen LogP contribution in [-0.4, -0.2) is 21.0 Å². The fourth-order valence-corrected chi connectivity index (χ4v) is 2.02. The maximum atomic E-state index is 11.3. The molecule has 0 saturated carbocycles. The van der Waals surface area contributed by atoms with Gasteiger partial charge in [0.25, 0.3) is 0 Å². The van der Waals surface area contributed by atoms with Crippen molar-refractivity contribution in [2.75, 3.05) is 5.32 Å². The lowest BCUT2D eigenvalue weighted by Crippen LogP contribution is -2.11. The Hall–Kier alpha value is -2.43. The third kappa shape index (κ3) is 3.12. The molecule has 0 amide bonds. The molecule has 5 heteroatoms. The molecule has 2 aromatic rings. The number of aromatic carboxylic acids is 1. The summed E-state index contributed by atoms with van der Waals surface area (Å²) in [6.45, 7) is 6.03. The van der Waals surface area contributed by atoms with Gasteiger partial charge < -0.3 is 10.4 Å². The van der Waals surface area contributed by atoms with E-state index in [1.165, 1.54) is 0 Å². The van der Waals surface area contributed by atoms with Gasteiger partial charge in [0, 0.05) is 24.1 Å². The summed E-state index contributed by atoms with van der Waals surface area (Å²) in [5.74, 6) is -0.574. The van der Waals surface area contributed by atoms with Crippen LogP contribution in [0.4, 0.5) is 5.82 Å². The van der Waals surface area contributed by atoms with Crippen LogP contribution >= 0.6 is 0 Å². The molecule has 0 aromatic carbocycles. The molecule has 2 N–H and O–H groups in total. The number of hydrogen-bond acceptors (Lipinski definition) is 4. The van der Waals surface area contributed by atoms with Gasteiger partial charge in [0.15, 0.2) is 0 Å². The number of aromatic nitrogens is 2. The van der Waals surface area contributed by atoms with E-state index in [0.29, 0.717) is 17.9 Å². The summed E-state index contributed by atoms with van der Waals surface area (Å²) in [6, 6.07) is 5.64. The fourth-order valence-electron chi connectivity index (χ4n) is 2.02. The fraction of sp³-hybridized carbons (Fsp3) is 0.267. The number of rotatable bonds is 4. The van der Waals surface area contributed by atoms with Crippen LogP contribution in [0.3, 0.4) is 0 Å². The van der Waals surface area contributed by atoms with Crippen LogP contribution in [0.5, 0.6) is 0 Å². The Morgan fingerprint density at radius 3 is 2.60 bits per heavy atom. The molecular formula is C15H17N3O2. The van der Waals surface area contributed by atoms with Gasteiger partial charge in [-0.15, -0.1) is 0 Å². The first kappa shape index (κ1) is 14.0. The first-order valence-corrected chi connectivity index (χ1v) is 6.34. The molecule has 0 spiro atoms. The van der Waals surface area contributed by atoms with Crippen LogP contribution in [-0.2, 0) is 6.54 Å². The lowest BCUT2D eigenvalue weighted by atomic mass is 10.1. The molecule has 0 unspecified atom stereocenters. The average molecular weight is 271 g/mol. The SMILES string of the molecule is Cc1ccc(CNc2nc(C)cc(C)c2C(=O)O)cn1. The van der Waals surface area contributed by atoms with Gasteiger partial charge >= 0.3 is 5.97 Å². The third-order valence-corrected chi connectivity index (χ3v) is 2.99. The first-order valence-electron chi connectivity index (χ1n) is 6.34. The highest BCUT2D eigenvalue weighted by Crippen LogP contribution is 2.19. The second kappa shape index (κ2) is 5.69. The van der Waals surface area contributed by atoms with E-state index < -0.39 is 5.97 Å². The number of carbonyl (C=O) groups is 1. The summed E-state index contributed by atoms with van der Waals surface area (Å²) in [5, 5.41) is 12.4. The van der Waals surface area contributed by atoms with Gasteiger partial charge in [-0.1, -0.05) is 6.07 Å². The van der Waals surface area contributed by atoms with Crippen LogP contribution in [0.2, 0.25) is 0 Å². The van der Waals surface area contributed by atoms with Crippen LogP contribution in [0.15, 0.2) is 24.4 Å². The maximum Gasteiger partial charge on any atom is 0.339 e. The van der Waals surface area contributed by atoms with Gasteiger partial charge in [-0.05, 0) is 44.0 Å². The number of nitrogens with one attached hydrogen (secondary N) is 1. The van der Waals surface area contributed by atoms with E-state index in [0.717, 1.165) is 17.0 Å². The zero-order chi connectivity index (χ0) is 14.7. The molecule has 2 aromatic heterocycles. The molecule has 0 aliphatic carbocycles. The summed E-state index contributed by atoms with van der Waals surface area (Å²) < 4.78 is 0. The molecule has 0 fully saturated rings. The highest BCUT2D eigenvalue weighted by Gasteiger charge is 2.15. The van der Waals surface area contributed by atoms with Crippen LogP contribution < -0.4 is 5.32 Å². The van der Waals surface area contributed by atoms with E-state index in [1.54, 1.807) is 19.2 Å². The van der Waals surface area contributed by atoms with Crippen molar-refractivity contribution in [2.45, 2.75) is 27.3 Å². The average Bonchev–Trinajstić information content (AvgIpc) is 2.36. The monoisotopic (exact) mass is 271 g/mol. The third-order valence-electron chi connectivity index (χ3n) is 2.99. The highest BCUT2D eigenvalue weighted by atomic mass is 16.4. The molecule has 2 rings (SSSR count). The highest BCUT2D eigenvalue weighted by molar-refractivity contribution is 5.94. The minimum atomic E-state index is -0.973. The Bertz CT molecular complexity index is 636. The van der Waals surface area contributed by atoms with Gasteiger partial charge in [0.2, 0.25) is 0 Å². The number of pyridine rings is 2. The van der Waals surface area contributed by atoms with Gasteiger partial charge in [-0.2, -0.15) is 0 Å². The molecule has 0 aliphatic heterocycles. The Morgan fingerprint density at radius 1 is 1.25 bits per heavy atom. The molecule has 20 heavy (non-hydrogen) atoms. The summed E-state index contributed by atoms with van der Waals surface area (Å²) in [7, 11) is 0. The maximum absolute atomic E-state index is 11.3. The number of carboxylic acids is 1. The summed E-state index contributed by atoms with van der Waals surface area (Å²) in [5.41, 5.74) is 3.64. The van der Waals surface area contributed by atoms with Crippen LogP contribution in [0.25, 0.3) is 0 Å². The van der Waals surface area contributed by atoms with Crippen molar-refractivity contribution in [1.29, 1.82) is 0 Å². The second-order valence-corrected chi connectivity index (χ2v) is 4.77. The number of nitrogens with zero attached hydrogens (tertiary/aromatic N) is 2. The summed E-state index contributed by atoms with van der Waals surface area (Å²) >= 11 is 0. The lowest BCUT2D eigenvalue weighted by Gasteiger charge is -2.12. The zero-order valence-corrected chi connectivity index (χ0v) is 11.8. The van der Waals surface area contributed by atoms with E-state index in [9.17, 15) is 9.90 Å². The molecule has 2 heterocycles. The predicted molar refractivity (Wildman–Crippen MR) is 77.0 cm³/mol. The van der Waals surface area contributed by atoms with E-state index >= 15 is 0 Å². The van der Waals surface area contributed by atoms with E-state index in [1.807, 2.05) is 26.0 Å². The minimum absolute atomic E-state index is 0.218. The number of carboxylic acid groups (broad SMARTS) is 1. The Morgan fingerprint density at radius 2 is 2.00 bits per heavy atom. The van der Waals surface area contributed by atoms with Gasteiger partial charge in [-0.25, -0.2) is 9.78 Å². The standard InChI is InChI=1S/C15H17N3O2/c1-9-6-11(3)18-14(13(9)15(19)20)17-8-12-5-4-10(2)16-7-12/h4-7H,8H2,1-3H3,(H,17,18)(H,19,20). The smallest absolute Gasteiger partial charge is 0.339 e. The van der Waals surface area contributed by atoms with E-state index in [4.69, 9.17) is 0 Å². The van der Waals surface area contributed by atoms with Crippen molar-refractivity contribution >= 4 is 11.8 Å².